The Hall–Kier alpha value is -0.388. The van der Waals surface area contributed by atoms with Crippen LogP contribution in [-0.2, 0) is 17.4 Å². The molecule has 0 spiro atoms. The molecule has 0 radical (unpaired) electrons. The minimum atomic E-state index is 0. The van der Waals surface area contributed by atoms with Gasteiger partial charge in [-0.3, -0.25) is 0 Å². The zero-order chi connectivity index (χ0) is 5.98. The molecule has 0 fully saturated rings. The average molecular weight is 161 g/mol. The number of nitrogens with zero attached hydrogens (tertiary/aromatic N) is 2. The Labute approximate surface area is 66.4 Å². The predicted octanol–water partition coefficient (Wildman–Crippen LogP) is 1.02. The van der Waals surface area contributed by atoms with E-state index in [4.69, 9.17) is 0 Å². The second-order valence-corrected chi connectivity index (χ2v) is 1.87. The predicted molar refractivity (Wildman–Crippen MR) is 34.3 cm³/mol. The molecule has 0 unspecified atom stereocenters. The first-order chi connectivity index (χ1) is 3.79. The van der Waals surface area contributed by atoms with Crippen LogP contribution in [0.5, 0.6) is 0 Å². The average Bonchev–Trinajstić information content (AvgIpc) is 1.77. The van der Waals surface area contributed by atoms with Crippen molar-refractivity contribution in [3.05, 3.63) is 18.3 Å². The van der Waals surface area contributed by atoms with Crippen molar-refractivity contribution in [3.63, 3.8) is 0 Å². The van der Waals surface area contributed by atoms with E-state index in [9.17, 15) is 0 Å². The largest absolute Gasteiger partial charge is 0.447 e. The van der Waals surface area contributed by atoms with Gasteiger partial charge in [-0.05, 0) is 13.4 Å². The molecule has 1 aliphatic rings. The van der Waals surface area contributed by atoms with Gasteiger partial charge in [-0.15, -0.1) is 12.3 Å². The summed E-state index contributed by atoms with van der Waals surface area (Å²) in [6.07, 6.45) is 5.73. The molecule has 0 saturated heterocycles. The van der Waals surface area contributed by atoms with Crippen molar-refractivity contribution in [1.82, 2.24) is 4.90 Å². The van der Waals surface area contributed by atoms with Crippen LogP contribution in [0.2, 0.25) is 0 Å². The van der Waals surface area contributed by atoms with E-state index in [-0.39, 0.29) is 17.4 Å². The minimum absolute atomic E-state index is 0. The Morgan fingerprint density at radius 2 is 2.22 bits per heavy atom. The summed E-state index contributed by atoms with van der Waals surface area (Å²) in [5.74, 6) is 0. The molecule has 0 aromatic carbocycles. The molecule has 0 atom stereocenters. The molecule has 3 heteroatoms. The number of hydrogen-bond acceptors (Lipinski definition) is 2. The topological polar surface area (TPSA) is 15.6 Å². The van der Waals surface area contributed by atoms with Crippen molar-refractivity contribution in [2.75, 3.05) is 7.05 Å². The summed E-state index contributed by atoms with van der Waals surface area (Å²) in [5.41, 5.74) is 0. The fraction of sp³-hybridized carbons (Fsp3) is 0.333. The molecule has 0 aliphatic carbocycles. The first-order valence-corrected chi connectivity index (χ1v) is 2.57. The second kappa shape index (κ2) is 3.60. The Kier molecular flexibility index (Phi) is 3.45. The van der Waals surface area contributed by atoms with Crippen LogP contribution in [-0.4, -0.2) is 18.3 Å². The van der Waals surface area contributed by atoms with Crippen molar-refractivity contribution in [3.8, 4) is 0 Å². The Bertz CT molecular complexity index is 103. The van der Waals surface area contributed by atoms with Crippen LogP contribution >= 0.6 is 0 Å². The molecule has 1 aliphatic heterocycles. The zero-order valence-electron chi connectivity index (χ0n) is 5.53. The van der Waals surface area contributed by atoms with Crippen molar-refractivity contribution >= 4 is 6.34 Å². The van der Waals surface area contributed by atoms with E-state index in [0.717, 1.165) is 6.04 Å². The summed E-state index contributed by atoms with van der Waals surface area (Å²) in [6, 6.07) is 1.06. The van der Waals surface area contributed by atoms with Gasteiger partial charge < -0.3 is 9.89 Å². The van der Waals surface area contributed by atoms with Crippen molar-refractivity contribution < 1.29 is 17.4 Å². The van der Waals surface area contributed by atoms with Gasteiger partial charge in [-0.2, -0.15) is 0 Å². The molecule has 0 bridgehead atoms. The smallest absolute Gasteiger partial charge is 0 e. The third-order valence-corrected chi connectivity index (χ3v) is 0.994. The zero-order valence-corrected chi connectivity index (χ0v) is 6.81. The summed E-state index contributed by atoms with van der Waals surface area (Å²) in [4.78, 5) is 5.95. The molecule has 2 nitrogen and oxygen atoms in total. The van der Waals surface area contributed by atoms with Crippen LogP contribution in [0.4, 0.5) is 0 Å². The van der Waals surface area contributed by atoms with Gasteiger partial charge >= 0.3 is 0 Å². The Balaban J connectivity index is 0.000000640. The molecule has 1 rings (SSSR count). The number of rotatable bonds is 0. The third kappa shape index (κ3) is 2.60. The van der Waals surface area contributed by atoms with Crippen LogP contribution in [0.3, 0.4) is 0 Å². The first kappa shape index (κ1) is 8.61. The van der Waals surface area contributed by atoms with E-state index in [2.05, 4.69) is 4.99 Å². The first-order valence-electron chi connectivity index (χ1n) is 2.57. The van der Waals surface area contributed by atoms with Crippen LogP contribution in [0.1, 0.15) is 6.92 Å². The monoisotopic (exact) mass is 161 g/mol. The van der Waals surface area contributed by atoms with Gasteiger partial charge in [0.05, 0.1) is 0 Å². The van der Waals surface area contributed by atoms with Gasteiger partial charge in [0.15, 0.2) is 0 Å². The van der Waals surface area contributed by atoms with Gasteiger partial charge in [0.1, 0.15) is 0 Å². The molecule has 0 N–H and O–H groups in total. The fourth-order valence-corrected chi connectivity index (χ4v) is 0.489. The van der Waals surface area contributed by atoms with Crippen LogP contribution in [0.25, 0.3) is 0 Å². The number of hydrogen-bond donors (Lipinski definition) is 0. The molecule has 0 saturated carbocycles. The summed E-state index contributed by atoms with van der Waals surface area (Å²) in [6.45, 7) is 1.97. The molecule has 0 aromatic rings. The van der Waals surface area contributed by atoms with E-state index in [1.54, 1.807) is 6.34 Å². The van der Waals surface area contributed by atoms with E-state index in [1.807, 2.05) is 31.1 Å². The molecule has 9 heavy (non-hydrogen) atoms. The summed E-state index contributed by atoms with van der Waals surface area (Å²) < 4.78 is 0. The van der Waals surface area contributed by atoms with Crippen molar-refractivity contribution in [2.45, 2.75) is 6.92 Å². The maximum Gasteiger partial charge on any atom is 0 e. The summed E-state index contributed by atoms with van der Waals surface area (Å²) in [7, 11) is 1.95. The SMILES string of the molecule is C[C-]1C=CN(C)C=N1.[Cr]. The van der Waals surface area contributed by atoms with E-state index in [1.165, 1.54) is 0 Å². The van der Waals surface area contributed by atoms with E-state index >= 15 is 0 Å². The maximum atomic E-state index is 4.04. The normalized spacial score (nSPS) is 15.8. The van der Waals surface area contributed by atoms with E-state index in [0.29, 0.717) is 0 Å². The maximum absolute atomic E-state index is 4.04. The molecule has 0 amide bonds. The van der Waals surface area contributed by atoms with Crippen LogP contribution < -0.4 is 0 Å². The minimum Gasteiger partial charge on any atom is -0.447 e. The summed E-state index contributed by atoms with van der Waals surface area (Å²) >= 11 is 0. The van der Waals surface area contributed by atoms with Gasteiger partial charge in [-0.1, -0.05) is 13.0 Å². The van der Waals surface area contributed by atoms with Crippen molar-refractivity contribution in [2.24, 2.45) is 4.99 Å². The van der Waals surface area contributed by atoms with Gasteiger partial charge in [0, 0.05) is 17.4 Å². The molecular formula is C6H9CrN2-. The van der Waals surface area contributed by atoms with Crippen molar-refractivity contribution in [1.29, 1.82) is 0 Å². The van der Waals surface area contributed by atoms with Crippen LogP contribution in [0, 0.1) is 6.04 Å². The quantitative estimate of drug-likeness (QED) is 0.484. The van der Waals surface area contributed by atoms with Crippen LogP contribution in [0.15, 0.2) is 17.3 Å². The molecule has 50 valence electrons. The Morgan fingerprint density at radius 1 is 1.56 bits per heavy atom. The third-order valence-electron chi connectivity index (χ3n) is 0.994. The Morgan fingerprint density at radius 3 is 2.56 bits per heavy atom. The van der Waals surface area contributed by atoms with E-state index < -0.39 is 0 Å². The summed E-state index contributed by atoms with van der Waals surface area (Å²) in [5, 5.41) is 0. The molecule has 1 heterocycles. The second-order valence-electron chi connectivity index (χ2n) is 1.87. The molecule has 0 aromatic heterocycles. The van der Waals surface area contributed by atoms with Gasteiger partial charge in [0.2, 0.25) is 0 Å². The van der Waals surface area contributed by atoms with Gasteiger partial charge in [0.25, 0.3) is 0 Å². The standard InChI is InChI=1S/C6H9N2.Cr/c1-6-3-4-8(2)5-7-6;/h3-5H,1-2H3;/q-1;. The van der Waals surface area contributed by atoms with Gasteiger partial charge in [-0.25, -0.2) is 0 Å². The molecular weight excluding hydrogens is 152 g/mol. The number of aliphatic imine (C=N–C) groups is 1. The fourth-order valence-electron chi connectivity index (χ4n) is 0.489.